The molecule has 3 amide bonds. The second-order valence-electron chi connectivity index (χ2n) is 8.52. The molecule has 0 unspecified atom stereocenters. The summed E-state index contributed by atoms with van der Waals surface area (Å²) in [5, 5.41) is 2.95. The molecule has 0 radical (unpaired) electrons. The van der Waals surface area contributed by atoms with Crippen LogP contribution in [0.15, 0.2) is 73.1 Å². The number of nitrogens with zero attached hydrogens (tertiary/aromatic N) is 4. The summed E-state index contributed by atoms with van der Waals surface area (Å²) in [6, 6.07) is 16.2. The van der Waals surface area contributed by atoms with Gasteiger partial charge < -0.3 is 19.9 Å². The van der Waals surface area contributed by atoms with Gasteiger partial charge in [0.15, 0.2) is 0 Å². The lowest BCUT2D eigenvalue weighted by Crippen LogP contribution is -2.46. The van der Waals surface area contributed by atoms with Crippen LogP contribution < -0.4 is 10.1 Å². The molecule has 1 N–H and O–H groups in total. The quantitative estimate of drug-likeness (QED) is 0.590. The third-order valence-electron chi connectivity index (χ3n) is 5.82. The van der Waals surface area contributed by atoms with Crippen molar-refractivity contribution in [1.29, 1.82) is 0 Å². The van der Waals surface area contributed by atoms with Crippen LogP contribution in [0.25, 0.3) is 0 Å². The number of benzene rings is 2. The summed E-state index contributed by atoms with van der Waals surface area (Å²) in [4.78, 5) is 50.3. The lowest BCUT2D eigenvalue weighted by atomic mass is 9.99. The molecule has 9 heteroatoms. The SMILES string of the molecule is CC(=O)N[C@H]1C[C@@H](C(=O)N(C)C)N(C(=O)c2cccc(Oc3ncccn3)c2)[C@H]1c1ccccc1. The smallest absolute Gasteiger partial charge is 0.321 e. The molecular formula is C26H27N5O4. The minimum atomic E-state index is -0.749. The predicted octanol–water partition coefficient (Wildman–Crippen LogP) is 2.82. The molecule has 35 heavy (non-hydrogen) atoms. The van der Waals surface area contributed by atoms with Gasteiger partial charge in [0.1, 0.15) is 11.8 Å². The maximum absolute atomic E-state index is 14.0. The standard InChI is InChI=1S/C26H27N5O4/c1-17(32)29-21-16-22(25(34)30(2)3)31(23(21)18-9-5-4-6-10-18)24(33)19-11-7-12-20(15-19)35-26-27-13-8-14-28-26/h4-15,21-23H,16H2,1-3H3,(H,29,32)/t21-,22-,23-/m0/s1. The average molecular weight is 474 g/mol. The van der Waals surface area contributed by atoms with Crippen LogP contribution in [0.2, 0.25) is 0 Å². The number of hydrogen-bond donors (Lipinski definition) is 1. The van der Waals surface area contributed by atoms with Crippen molar-refractivity contribution in [2.24, 2.45) is 0 Å². The van der Waals surface area contributed by atoms with Crippen LogP contribution in [0.4, 0.5) is 0 Å². The number of nitrogens with one attached hydrogen (secondary N) is 1. The van der Waals surface area contributed by atoms with Gasteiger partial charge in [-0.1, -0.05) is 36.4 Å². The zero-order valence-electron chi connectivity index (χ0n) is 19.8. The largest absolute Gasteiger partial charge is 0.424 e. The number of carbonyl (C=O) groups excluding carboxylic acids is 3. The minimum absolute atomic E-state index is 0.159. The van der Waals surface area contributed by atoms with Gasteiger partial charge in [0.25, 0.3) is 5.91 Å². The first-order chi connectivity index (χ1) is 16.8. The molecule has 2 heterocycles. The van der Waals surface area contributed by atoms with Crippen molar-refractivity contribution in [3.8, 4) is 11.8 Å². The second-order valence-corrected chi connectivity index (χ2v) is 8.52. The fourth-order valence-corrected chi connectivity index (χ4v) is 4.38. The van der Waals surface area contributed by atoms with E-state index in [1.54, 1.807) is 61.7 Å². The van der Waals surface area contributed by atoms with Crippen molar-refractivity contribution < 1.29 is 19.1 Å². The van der Waals surface area contributed by atoms with Gasteiger partial charge in [-0.05, 0) is 36.2 Å². The highest BCUT2D eigenvalue weighted by molar-refractivity contribution is 5.99. The number of hydrogen-bond acceptors (Lipinski definition) is 6. The van der Waals surface area contributed by atoms with Gasteiger partial charge in [0, 0.05) is 39.0 Å². The first-order valence-electron chi connectivity index (χ1n) is 11.3. The highest BCUT2D eigenvalue weighted by atomic mass is 16.5. The number of likely N-dealkylation sites (tertiary alicyclic amines) is 1. The fraction of sp³-hybridized carbons (Fsp3) is 0.269. The van der Waals surface area contributed by atoms with Gasteiger partial charge >= 0.3 is 6.01 Å². The minimum Gasteiger partial charge on any atom is -0.424 e. The topological polar surface area (TPSA) is 105 Å². The molecule has 0 aliphatic carbocycles. The summed E-state index contributed by atoms with van der Waals surface area (Å²) in [5.41, 5.74) is 1.18. The molecule has 3 atom stereocenters. The molecule has 0 spiro atoms. The molecule has 2 aromatic carbocycles. The Balaban J connectivity index is 1.74. The van der Waals surface area contributed by atoms with Crippen molar-refractivity contribution in [3.05, 3.63) is 84.2 Å². The van der Waals surface area contributed by atoms with Crippen LogP contribution in [-0.4, -0.2) is 63.7 Å². The molecule has 4 rings (SSSR count). The number of carbonyl (C=O) groups is 3. The van der Waals surface area contributed by atoms with Crippen molar-refractivity contribution in [1.82, 2.24) is 25.1 Å². The van der Waals surface area contributed by atoms with Crippen molar-refractivity contribution in [2.45, 2.75) is 31.5 Å². The average Bonchev–Trinajstić information content (AvgIpc) is 3.22. The lowest BCUT2D eigenvalue weighted by molar-refractivity contribution is -0.133. The molecule has 3 aromatic rings. The van der Waals surface area contributed by atoms with Crippen LogP contribution in [0.5, 0.6) is 11.8 Å². The summed E-state index contributed by atoms with van der Waals surface area (Å²) in [7, 11) is 3.31. The van der Waals surface area contributed by atoms with Crippen LogP contribution in [0.3, 0.4) is 0 Å². The van der Waals surface area contributed by atoms with Gasteiger partial charge in [0.2, 0.25) is 11.8 Å². The first kappa shape index (κ1) is 23.9. The number of rotatable bonds is 6. The highest BCUT2D eigenvalue weighted by Gasteiger charge is 2.48. The lowest BCUT2D eigenvalue weighted by Gasteiger charge is -2.32. The Morgan fingerprint density at radius 2 is 1.71 bits per heavy atom. The Bertz CT molecular complexity index is 1200. The van der Waals surface area contributed by atoms with E-state index >= 15 is 0 Å². The summed E-state index contributed by atoms with van der Waals surface area (Å²) in [6.07, 6.45) is 3.42. The van der Waals surface area contributed by atoms with Crippen molar-refractivity contribution in [3.63, 3.8) is 0 Å². The van der Waals surface area contributed by atoms with E-state index < -0.39 is 18.1 Å². The maximum atomic E-state index is 14.0. The van der Waals surface area contributed by atoms with E-state index in [4.69, 9.17) is 4.74 Å². The third-order valence-corrected chi connectivity index (χ3v) is 5.82. The van der Waals surface area contributed by atoms with E-state index in [9.17, 15) is 14.4 Å². The van der Waals surface area contributed by atoms with E-state index in [0.717, 1.165) is 5.56 Å². The van der Waals surface area contributed by atoms with Gasteiger partial charge in [-0.3, -0.25) is 14.4 Å². The normalized spacial score (nSPS) is 19.2. The summed E-state index contributed by atoms with van der Waals surface area (Å²) in [5.74, 6) is -0.380. The fourth-order valence-electron chi connectivity index (χ4n) is 4.38. The Morgan fingerprint density at radius 1 is 1.00 bits per heavy atom. The Kier molecular flexibility index (Phi) is 7.05. The van der Waals surface area contributed by atoms with Gasteiger partial charge in [0.05, 0.1) is 12.1 Å². The maximum Gasteiger partial charge on any atom is 0.321 e. The zero-order chi connectivity index (χ0) is 24.9. The second kappa shape index (κ2) is 10.3. The molecule has 9 nitrogen and oxygen atoms in total. The monoisotopic (exact) mass is 473 g/mol. The zero-order valence-corrected chi connectivity index (χ0v) is 19.8. The number of amides is 3. The molecule has 0 saturated carbocycles. The summed E-state index contributed by atoms with van der Waals surface area (Å²) in [6.45, 7) is 1.43. The number of aromatic nitrogens is 2. The molecule has 180 valence electrons. The van der Waals surface area contributed by atoms with Gasteiger partial charge in [-0.25, -0.2) is 9.97 Å². The molecule has 1 fully saturated rings. The number of ether oxygens (including phenoxy) is 1. The van der Waals surface area contributed by atoms with Gasteiger partial charge in [-0.2, -0.15) is 0 Å². The molecular weight excluding hydrogens is 446 g/mol. The third kappa shape index (κ3) is 5.29. The van der Waals surface area contributed by atoms with E-state index in [1.165, 1.54) is 11.8 Å². The molecule has 1 aliphatic rings. The number of likely N-dealkylation sites (N-methyl/N-ethyl adjacent to an activating group) is 1. The van der Waals surface area contributed by atoms with E-state index in [0.29, 0.717) is 17.7 Å². The molecule has 1 aromatic heterocycles. The summed E-state index contributed by atoms with van der Waals surface area (Å²) >= 11 is 0. The summed E-state index contributed by atoms with van der Waals surface area (Å²) < 4.78 is 5.70. The van der Waals surface area contributed by atoms with Crippen molar-refractivity contribution >= 4 is 17.7 Å². The van der Waals surface area contributed by atoms with Gasteiger partial charge in [-0.15, -0.1) is 0 Å². The first-order valence-corrected chi connectivity index (χ1v) is 11.3. The van der Waals surface area contributed by atoms with Crippen LogP contribution >= 0.6 is 0 Å². The van der Waals surface area contributed by atoms with Crippen LogP contribution in [0, 0.1) is 0 Å². The Hall–Kier alpha value is -4.27. The highest BCUT2D eigenvalue weighted by Crippen LogP contribution is 2.38. The van der Waals surface area contributed by atoms with E-state index in [2.05, 4.69) is 15.3 Å². The molecule has 1 aliphatic heterocycles. The van der Waals surface area contributed by atoms with Crippen LogP contribution in [-0.2, 0) is 9.59 Å². The Labute approximate surface area is 203 Å². The molecule has 1 saturated heterocycles. The van der Waals surface area contributed by atoms with E-state index in [1.807, 2.05) is 30.3 Å². The van der Waals surface area contributed by atoms with Crippen molar-refractivity contribution in [2.75, 3.05) is 14.1 Å². The molecule has 0 bridgehead atoms. The van der Waals surface area contributed by atoms with Crippen LogP contribution in [0.1, 0.15) is 35.3 Å². The predicted molar refractivity (Wildman–Crippen MR) is 129 cm³/mol. The Morgan fingerprint density at radius 3 is 2.37 bits per heavy atom. The van der Waals surface area contributed by atoms with E-state index in [-0.39, 0.29) is 23.7 Å².